The highest BCUT2D eigenvalue weighted by molar-refractivity contribution is 5.69. The van der Waals surface area contributed by atoms with Crippen LogP contribution in [0.15, 0.2) is 30.3 Å². The van der Waals surface area contributed by atoms with Gasteiger partial charge in [-0.25, -0.2) is 14.4 Å². The number of ether oxygens (including phenoxy) is 7. The van der Waals surface area contributed by atoms with Crippen LogP contribution >= 0.6 is 0 Å². The molecule has 1 aliphatic heterocycles. The van der Waals surface area contributed by atoms with Crippen LogP contribution in [-0.2, 0) is 25.4 Å². The summed E-state index contributed by atoms with van der Waals surface area (Å²) >= 11 is 0. The van der Waals surface area contributed by atoms with Crippen molar-refractivity contribution in [3.63, 3.8) is 0 Å². The summed E-state index contributed by atoms with van der Waals surface area (Å²) in [6.07, 6.45) is -5.14. The van der Waals surface area contributed by atoms with Crippen molar-refractivity contribution in [2.45, 2.75) is 97.7 Å². The fourth-order valence-corrected chi connectivity index (χ4v) is 3.80. The molecule has 12 heteroatoms. The maximum atomic E-state index is 12.7. The Balaban J connectivity index is 2.07. The van der Waals surface area contributed by atoms with E-state index in [1.54, 1.807) is 62.3 Å². The lowest BCUT2D eigenvalue weighted by Crippen LogP contribution is -2.37. The van der Waals surface area contributed by atoms with Crippen LogP contribution in [0.2, 0.25) is 0 Å². The van der Waals surface area contributed by atoms with E-state index in [1.807, 2.05) is 0 Å². The largest absolute Gasteiger partial charge is 0.514 e. The zero-order chi connectivity index (χ0) is 31.6. The van der Waals surface area contributed by atoms with Gasteiger partial charge in [0.25, 0.3) is 0 Å². The van der Waals surface area contributed by atoms with Crippen LogP contribution in [0.25, 0.3) is 0 Å². The van der Waals surface area contributed by atoms with Gasteiger partial charge in [0, 0.05) is 29.7 Å². The molecule has 0 amide bonds. The van der Waals surface area contributed by atoms with Crippen molar-refractivity contribution >= 4 is 18.5 Å². The molecule has 0 saturated heterocycles. The topological polar surface area (TPSA) is 156 Å². The van der Waals surface area contributed by atoms with Crippen LogP contribution in [0.4, 0.5) is 14.4 Å². The van der Waals surface area contributed by atoms with Gasteiger partial charge < -0.3 is 43.4 Å². The monoisotopic (exact) mass is 590 g/mol. The molecule has 42 heavy (non-hydrogen) atoms. The van der Waals surface area contributed by atoms with E-state index in [-0.39, 0.29) is 29.4 Å². The molecule has 0 fully saturated rings. The van der Waals surface area contributed by atoms with Gasteiger partial charge in [-0.2, -0.15) is 0 Å². The molecule has 3 rings (SSSR count). The molecule has 0 spiro atoms. The Morgan fingerprint density at radius 3 is 1.83 bits per heavy atom. The molecule has 1 aliphatic rings. The van der Waals surface area contributed by atoms with E-state index in [9.17, 15) is 24.6 Å². The standard InChI is InChI=1S/C30H38O12/c1-28(2,3)40-25(33)36-17-13-21-18(22(14-17)38-26(34)41-29(4,5)6)15-23(39-27(35)42-30(7,8)9)24(37-21)16-10-11-19(31)20(32)12-16/h10-14,23-24,31-32H,15H2,1-9H3/t23-,24+/m0/s1. The zero-order valence-corrected chi connectivity index (χ0v) is 25.2. The van der Waals surface area contributed by atoms with Gasteiger partial charge in [0.15, 0.2) is 23.7 Å². The summed E-state index contributed by atoms with van der Waals surface area (Å²) in [5.41, 5.74) is -1.92. The second-order valence-electron chi connectivity index (χ2n) is 12.6. The number of carbonyl (C=O) groups excluding carboxylic acids is 3. The quantitative estimate of drug-likeness (QED) is 0.168. The molecular weight excluding hydrogens is 552 g/mol. The van der Waals surface area contributed by atoms with Crippen LogP contribution in [0, 0.1) is 0 Å². The molecule has 2 N–H and O–H groups in total. The molecule has 0 bridgehead atoms. The van der Waals surface area contributed by atoms with Gasteiger partial charge in [-0.05, 0) is 74.4 Å². The average Bonchev–Trinajstić information content (AvgIpc) is 2.77. The van der Waals surface area contributed by atoms with E-state index in [2.05, 4.69) is 0 Å². The van der Waals surface area contributed by atoms with Gasteiger partial charge in [-0.1, -0.05) is 6.07 Å². The molecular formula is C30H38O12. The summed E-state index contributed by atoms with van der Waals surface area (Å²) in [4.78, 5) is 37.7. The number of hydrogen-bond donors (Lipinski definition) is 2. The van der Waals surface area contributed by atoms with Gasteiger partial charge in [-0.15, -0.1) is 0 Å². The minimum absolute atomic E-state index is 0.0499. The number of phenols is 2. The SMILES string of the molecule is CC(C)(C)OC(=O)Oc1cc(OC(=O)OC(C)(C)C)c2c(c1)O[C@H](c1ccc(O)c(O)c1)[C@@H](OC(=O)OC(C)(C)C)C2. The maximum absolute atomic E-state index is 12.7. The Hall–Kier alpha value is -4.35. The molecule has 0 aromatic heterocycles. The Kier molecular flexibility index (Phi) is 9.09. The normalized spacial score (nSPS) is 16.8. The van der Waals surface area contributed by atoms with Crippen molar-refractivity contribution in [1.82, 2.24) is 0 Å². The summed E-state index contributed by atoms with van der Waals surface area (Å²) in [7, 11) is 0. The highest BCUT2D eigenvalue weighted by atomic mass is 16.8. The van der Waals surface area contributed by atoms with Gasteiger partial charge in [-0.3, -0.25) is 0 Å². The predicted molar refractivity (Wildman–Crippen MR) is 148 cm³/mol. The molecule has 0 unspecified atom stereocenters. The fourth-order valence-electron chi connectivity index (χ4n) is 3.80. The van der Waals surface area contributed by atoms with Gasteiger partial charge in [0.05, 0.1) is 0 Å². The zero-order valence-electron chi connectivity index (χ0n) is 25.2. The molecule has 2 atom stereocenters. The van der Waals surface area contributed by atoms with E-state index >= 15 is 0 Å². The number of benzene rings is 2. The minimum Gasteiger partial charge on any atom is -0.504 e. The second kappa shape index (κ2) is 11.9. The first-order valence-corrected chi connectivity index (χ1v) is 13.3. The number of aromatic hydroxyl groups is 2. The third-order valence-electron chi connectivity index (χ3n) is 5.28. The molecule has 12 nitrogen and oxygen atoms in total. The average molecular weight is 591 g/mol. The maximum Gasteiger partial charge on any atom is 0.514 e. The van der Waals surface area contributed by atoms with Gasteiger partial charge in [0.2, 0.25) is 0 Å². The third kappa shape index (κ3) is 9.35. The lowest BCUT2D eigenvalue weighted by Gasteiger charge is -2.34. The molecule has 0 saturated carbocycles. The summed E-state index contributed by atoms with van der Waals surface area (Å²) in [5.74, 6) is -0.809. The Morgan fingerprint density at radius 2 is 1.29 bits per heavy atom. The highest BCUT2D eigenvalue weighted by Gasteiger charge is 2.39. The second-order valence-corrected chi connectivity index (χ2v) is 12.6. The summed E-state index contributed by atoms with van der Waals surface area (Å²) < 4.78 is 38.6. The van der Waals surface area contributed by atoms with E-state index in [4.69, 9.17) is 33.2 Å². The number of hydrogen-bond acceptors (Lipinski definition) is 12. The summed E-state index contributed by atoms with van der Waals surface area (Å²) in [6.45, 7) is 15.0. The van der Waals surface area contributed by atoms with E-state index in [0.717, 1.165) is 0 Å². The number of carbonyl (C=O) groups is 3. The molecule has 2 aromatic carbocycles. The minimum atomic E-state index is -1.05. The lowest BCUT2D eigenvalue weighted by molar-refractivity contribution is -0.0600. The molecule has 0 aliphatic carbocycles. The first kappa shape index (κ1) is 32.2. The van der Waals surface area contributed by atoms with Gasteiger partial charge >= 0.3 is 18.5 Å². The molecule has 0 radical (unpaired) electrons. The van der Waals surface area contributed by atoms with Gasteiger partial charge in [0.1, 0.15) is 34.1 Å². The van der Waals surface area contributed by atoms with E-state index in [1.165, 1.54) is 30.3 Å². The first-order chi connectivity index (χ1) is 19.2. The smallest absolute Gasteiger partial charge is 0.504 e. The van der Waals surface area contributed by atoms with Crippen molar-refractivity contribution < 1.29 is 57.8 Å². The van der Waals surface area contributed by atoms with Crippen LogP contribution in [0.1, 0.15) is 79.5 Å². The Bertz CT molecular complexity index is 1330. The van der Waals surface area contributed by atoms with Crippen LogP contribution in [-0.4, -0.2) is 51.6 Å². The lowest BCUT2D eigenvalue weighted by atomic mass is 9.93. The summed E-state index contributed by atoms with van der Waals surface area (Å²) in [5, 5.41) is 20.0. The first-order valence-electron chi connectivity index (χ1n) is 13.3. The number of phenolic OH excluding ortho intramolecular Hbond substituents is 2. The highest BCUT2D eigenvalue weighted by Crippen LogP contribution is 2.45. The van der Waals surface area contributed by atoms with E-state index in [0.29, 0.717) is 11.1 Å². The third-order valence-corrected chi connectivity index (χ3v) is 5.28. The van der Waals surface area contributed by atoms with Crippen molar-refractivity contribution in [3.05, 3.63) is 41.5 Å². The predicted octanol–water partition coefficient (Wildman–Crippen LogP) is 6.72. The fraction of sp³-hybridized carbons (Fsp3) is 0.500. The van der Waals surface area contributed by atoms with Crippen molar-refractivity contribution in [3.8, 4) is 28.7 Å². The van der Waals surface area contributed by atoms with Crippen molar-refractivity contribution in [2.75, 3.05) is 0 Å². The summed E-state index contributed by atoms with van der Waals surface area (Å²) in [6, 6.07) is 6.67. The van der Waals surface area contributed by atoms with Crippen molar-refractivity contribution in [1.29, 1.82) is 0 Å². The van der Waals surface area contributed by atoms with Crippen LogP contribution < -0.4 is 14.2 Å². The molecule has 1 heterocycles. The van der Waals surface area contributed by atoms with E-state index < -0.39 is 53.2 Å². The van der Waals surface area contributed by atoms with Crippen LogP contribution in [0.3, 0.4) is 0 Å². The Morgan fingerprint density at radius 1 is 0.738 bits per heavy atom. The number of rotatable bonds is 4. The molecule has 230 valence electrons. The Labute approximate surface area is 244 Å². The number of fused-ring (bicyclic) bond motifs is 1. The van der Waals surface area contributed by atoms with Crippen LogP contribution in [0.5, 0.6) is 28.7 Å². The van der Waals surface area contributed by atoms with Crippen molar-refractivity contribution in [2.24, 2.45) is 0 Å². The molecule has 2 aromatic rings.